The van der Waals surface area contributed by atoms with Crippen LogP contribution in [0.2, 0.25) is 0 Å². The lowest BCUT2D eigenvalue weighted by molar-refractivity contribution is -0.976. The number of halogens is 8. The Balaban J connectivity index is 0.000000975. The van der Waals surface area contributed by atoms with Crippen molar-refractivity contribution in [3.8, 4) is 0 Å². The summed E-state index contributed by atoms with van der Waals surface area (Å²) in [5.74, 6) is 0. The smallest absolute Gasteiger partial charge is 0.418 e. The molecule has 2 fully saturated rings. The number of nitrogens with one attached hydrogen (secondary N) is 1. The van der Waals surface area contributed by atoms with Gasteiger partial charge in [0.2, 0.25) is 0 Å². The van der Waals surface area contributed by atoms with Crippen LogP contribution in [0.1, 0.15) is 52.9 Å². The van der Waals surface area contributed by atoms with Gasteiger partial charge in [-0.05, 0) is 12.8 Å². The Kier molecular flexibility index (Phi) is 17.4. The average molecular weight is 532 g/mol. The third kappa shape index (κ3) is 20.1. The van der Waals surface area contributed by atoms with E-state index >= 15 is 0 Å². The molecule has 1 N–H and O–H groups in total. The molecule has 0 aromatic rings. The molecular weight excluding hydrogens is 490 g/mol. The molecule has 0 bridgehead atoms. The minimum Gasteiger partial charge on any atom is -0.418 e. The van der Waals surface area contributed by atoms with Gasteiger partial charge in [-0.15, -0.1) is 0 Å². The molecule has 5 nitrogen and oxygen atoms in total. The predicted molar refractivity (Wildman–Crippen MR) is 121 cm³/mol. The fraction of sp³-hybridized carbons (Fsp3) is 1.00. The fourth-order valence-electron chi connectivity index (χ4n) is 4.17. The Morgan fingerprint density at radius 3 is 1.97 bits per heavy atom. The molecule has 212 valence electrons. The zero-order valence-corrected chi connectivity index (χ0v) is 21.1. The molecule has 0 amide bonds. The topological polar surface area (TPSA) is 32.1 Å². The van der Waals surface area contributed by atoms with Gasteiger partial charge in [-0.3, -0.25) is 4.48 Å². The van der Waals surface area contributed by atoms with E-state index in [1.807, 2.05) is 0 Å². The molecule has 0 spiro atoms. The van der Waals surface area contributed by atoms with Gasteiger partial charge in [0.1, 0.15) is 32.3 Å². The molecule has 15 heteroatoms. The second-order valence-corrected chi connectivity index (χ2v) is 8.90. The standard InChI is InChI=1S/C20H41N2O3.2BF4/c1-4-6-9-21-10-15-25-20(18-21)8-14-24-19(3)22(11-7-5-2)12-16-23-17-13-22;2*2-1(3,4)5/h19-20H,4-18H2,1-3H3;;/q+1;2*-1/p+1. The van der Waals surface area contributed by atoms with E-state index in [1.54, 1.807) is 4.90 Å². The first kappa shape index (κ1) is 34.4. The van der Waals surface area contributed by atoms with E-state index in [9.17, 15) is 34.5 Å². The van der Waals surface area contributed by atoms with Gasteiger partial charge in [0.15, 0.2) is 6.23 Å². The lowest BCUT2D eigenvalue weighted by Gasteiger charge is -2.45. The number of hydrogen-bond donors (Lipinski definition) is 1. The molecule has 2 aliphatic heterocycles. The van der Waals surface area contributed by atoms with E-state index in [0.717, 1.165) is 57.0 Å². The van der Waals surface area contributed by atoms with Crippen LogP contribution in [-0.2, 0) is 14.2 Å². The van der Waals surface area contributed by atoms with Crippen LogP contribution in [0.5, 0.6) is 0 Å². The first-order chi connectivity index (χ1) is 16.2. The minimum absolute atomic E-state index is 0.266. The molecule has 2 heterocycles. The van der Waals surface area contributed by atoms with Gasteiger partial charge < -0.3 is 53.6 Å². The van der Waals surface area contributed by atoms with Crippen LogP contribution in [0, 0.1) is 0 Å². The number of rotatable bonds is 11. The van der Waals surface area contributed by atoms with Gasteiger partial charge in [0.05, 0.1) is 39.5 Å². The Bertz CT molecular complexity index is 504. The molecule has 35 heavy (non-hydrogen) atoms. The van der Waals surface area contributed by atoms with Crippen LogP contribution < -0.4 is 4.90 Å². The summed E-state index contributed by atoms with van der Waals surface area (Å²) in [4.78, 5) is 1.71. The SMILES string of the molecule is CCCC[NH+]1CCOC(CCOC(C)[N+]2(CCCC)CCOCC2)C1.F[B-](F)(F)F.F[B-](F)(F)F. The highest BCUT2D eigenvalue weighted by Gasteiger charge is 2.36. The quantitative estimate of drug-likeness (QED) is 0.248. The second kappa shape index (κ2) is 17.8. The third-order valence-electron chi connectivity index (χ3n) is 6.10. The van der Waals surface area contributed by atoms with E-state index in [0.29, 0.717) is 6.10 Å². The number of quaternary nitrogens is 2. The van der Waals surface area contributed by atoms with Crippen molar-refractivity contribution in [2.75, 3.05) is 65.7 Å². The number of hydrogen-bond acceptors (Lipinski definition) is 3. The summed E-state index contributed by atoms with van der Waals surface area (Å²) in [5, 5.41) is 0. The summed E-state index contributed by atoms with van der Waals surface area (Å²) in [6.45, 7) is 17.3. The molecule has 2 rings (SSSR count). The van der Waals surface area contributed by atoms with Gasteiger partial charge in [0.25, 0.3) is 0 Å². The van der Waals surface area contributed by atoms with Crippen LogP contribution in [0.3, 0.4) is 0 Å². The van der Waals surface area contributed by atoms with Crippen molar-refractivity contribution in [2.45, 2.75) is 65.2 Å². The monoisotopic (exact) mass is 532 g/mol. The molecule has 0 aromatic heterocycles. The average Bonchev–Trinajstić information content (AvgIpc) is 2.75. The Morgan fingerprint density at radius 1 is 0.914 bits per heavy atom. The zero-order valence-electron chi connectivity index (χ0n) is 21.1. The van der Waals surface area contributed by atoms with Crippen LogP contribution >= 0.6 is 0 Å². The van der Waals surface area contributed by atoms with Crippen molar-refractivity contribution < 1.29 is 58.1 Å². The first-order valence-corrected chi connectivity index (χ1v) is 12.4. The molecular formula is C20H42B2F8N2O3. The highest BCUT2D eigenvalue weighted by atomic mass is 19.5. The van der Waals surface area contributed by atoms with Crippen LogP contribution in [0.25, 0.3) is 0 Å². The van der Waals surface area contributed by atoms with Crippen LogP contribution in [0.15, 0.2) is 0 Å². The van der Waals surface area contributed by atoms with Gasteiger partial charge in [-0.25, -0.2) is 0 Å². The summed E-state index contributed by atoms with van der Waals surface area (Å²) in [6.07, 6.45) is 6.81. The first-order valence-electron chi connectivity index (χ1n) is 12.4. The van der Waals surface area contributed by atoms with Gasteiger partial charge in [-0.2, -0.15) is 0 Å². The molecule has 0 aliphatic carbocycles. The number of unbranched alkanes of at least 4 members (excludes halogenated alkanes) is 2. The third-order valence-corrected chi connectivity index (χ3v) is 6.10. The molecule has 3 unspecified atom stereocenters. The molecule has 2 aliphatic rings. The van der Waals surface area contributed by atoms with E-state index in [1.165, 1.54) is 45.3 Å². The maximum Gasteiger partial charge on any atom is 0.673 e. The Morgan fingerprint density at radius 2 is 1.46 bits per heavy atom. The largest absolute Gasteiger partial charge is 0.673 e. The number of ether oxygens (including phenoxy) is 3. The number of morpholine rings is 2. The van der Waals surface area contributed by atoms with E-state index in [4.69, 9.17) is 14.2 Å². The van der Waals surface area contributed by atoms with Crippen molar-refractivity contribution in [1.29, 1.82) is 0 Å². The Hall–Kier alpha value is -0.630. The van der Waals surface area contributed by atoms with E-state index < -0.39 is 14.5 Å². The van der Waals surface area contributed by atoms with Crippen molar-refractivity contribution >= 4 is 14.5 Å². The number of nitrogens with zero attached hydrogens (tertiary/aromatic N) is 1. The highest BCUT2D eigenvalue weighted by Crippen LogP contribution is 2.20. The maximum absolute atomic E-state index is 9.75. The molecule has 2 saturated heterocycles. The highest BCUT2D eigenvalue weighted by molar-refractivity contribution is 6.50. The van der Waals surface area contributed by atoms with Crippen molar-refractivity contribution in [2.24, 2.45) is 0 Å². The second-order valence-electron chi connectivity index (χ2n) is 8.90. The van der Waals surface area contributed by atoms with Crippen molar-refractivity contribution in [1.82, 2.24) is 0 Å². The van der Waals surface area contributed by atoms with Crippen LogP contribution in [-0.4, -0.2) is 97.0 Å². The predicted octanol–water partition coefficient (Wildman–Crippen LogP) is 4.07. The van der Waals surface area contributed by atoms with Gasteiger partial charge in [0, 0.05) is 13.3 Å². The van der Waals surface area contributed by atoms with Gasteiger partial charge in [-0.1, -0.05) is 26.7 Å². The zero-order chi connectivity index (χ0) is 27.0. The Labute approximate surface area is 204 Å². The maximum atomic E-state index is 9.75. The summed E-state index contributed by atoms with van der Waals surface area (Å²) < 4.78 is 97.0. The van der Waals surface area contributed by atoms with E-state index in [-0.39, 0.29) is 6.23 Å². The normalized spacial score (nSPS) is 23.4. The minimum atomic E-state index is -6.00. The molecule has 3 atom stereocenters. The molecule has 0 saturated carbocycles. The molecule has 0 radical (unpaired) electrons. The van der Waals surface area contributed by atoms with Crippen molar-refractivity contribution in [3.63, 3.8) is 0 Å². The molecule has 0 aromatic carbocycles. The van der Waals surface area contributed by atoms with Gasteiger partial charge >= 0.3 is 14.5 Å². The summed E-state index contributed by atoms with van der Waals surface area (Å²) in [7, 11) is -12.0. The fourth-order valence-corrected chi connectivity index (χ4v) is 4.17. The van der Waals surface area contributed by atoms with E-state index in [2.05, 4.69) is 20.8 Å². The lowest BCUT2D eigenvalue weighted by Crippen LogP contribution is -3.14. The van der Waals surface area contributed by atoms with Crippen LogP contribution in [0.4, 0.5) is 34.5 Å². The van der Waals surface area contributed by atoms with Crippen molar-refractivity contribution in [3.05, 3.63) is 0 Å². The summed E-state index contributed by atoms with van der Waals surface area (Å²) >= 11 is 0. The summed E-state index contributed by atoms with van der Waals surface area (Å²) in [6, 6.07) is 0. The lowest BCUT2D eigenvalue weighted by atomic mass is 10.2. The summed E-state index contributed by atoms with van der Waals surface area (Å²) in [5.41, 5.74) is 0.